The Morgan fingerprint density at radius 1 is 0.933 bits per heavy atom. The molecule has 0 N–H and O–H groups in total. The summed E-state index contributed by atoms with van der Waals surface area (Å²) in [5, 5.41) is 0. The normalized spacial score (nSPS) is 34.7. The Kier molecular flexibility index (Phi) is 2.52. The summed E-state index contributed by atoms with van der Waals surface area (Å²) in [6.45, 7) is 0. The highest BCUT2D eigenvalue weighted by Crippen LogP contribution is 2.43. The average molecular weight is 200 g/mol. The van der Waals surface area contributed by atoms with Gasteiger partial charge in [-0.1, -0.05) is 41.9 Å². The van der Waals surface area contributed by atoms with E-state index in [0.717, 1.165) is 11.8 Å². The van der Waals surface area contributed by atoms with Crippen molar-refractivity contribution < 1.29 is 0 Å². The van der Waals surface area contributed by atoms with Gasteiger partial charge in [0.1, 0.15) is 0 Å². The van der Waals surface area contributed by atoms with Gasteiger partial charge in [-0.3, -0.25) is 0 Å². The van der Waals surface area contributed by atoms with Gasteiger partial charge in [-0.15, -0.1) is 0 Å². The van der Waals surface area contributed by atoms with Gasteiger partial charge in [-0.05, 0) is 50.4 Å². The number of hydrogen-bond donors (Lipinski definition) is 0. The zero-order valence-corrected chi connectivity index (χ0v) is 9.41. The summed E-state index contributed by atoms with van der Waals surface area (Å²) < 4.78 is 0. The summed E-state index contributed by atoms with van der Waals surface area (Å²) in [6.07, 6.45) is 19.2. The van der Waals surface area contributed by atoms with Crippen LogP contribution < -0.4 is 0 Å². The van der Waals surface area contributed by atoms with Gasteiger partial charge in [0.25, 0.3) is 0 Å². The minimum absolute atomic E-state index is 0.790. The molecule has 0 amide bonds. The smallest absolute Gasteiger partial charge is 0.00116 e. The lowest BCUT2D eigenvalue weighted by Gasteiger charge is -2.19. The van der Waals surface area contributed by atoms with Crippen LogP contribution in [0.25, 0.3) is 0 Å². The molecule has 3 aliphatic rings. The zero-order valence-electron chi connectivity index (χ0n) is 9.41. The Morgan fingerprint density at radius 2 is 1.73 bits per heavy atom. The summed E-state index contributed by atoms with van der Waals surface area (Å²) in [5.74, 6) is 1.63. The summed E-state index contributed by atoms with van der Waals surface area (Å²) in [4.78, 5) is 0. The fourth-order valence-electron chi connectivity index (χ4n) is 3.45. The number of fused-ring (bicyclic) bond motifs is 2. The maximum atomic E-state index is 2.43. The first-order valence-electron chi connectivity index (χ1n) is 6.49. The second-order valence-corrected chi connectivity index (χ2v) is 5.27. The van der Waals surface area contributed by atoms with E-state index in [1.807, 2.05) is 11.1 Å². The van der Waals surface area contributed by atoms with E-state index in [1.165, 1.54) is 44.9 Å². The van der Waals surface area contributed by atoms with Gasteiger partial charge in [0, 0.05) is 0 Å². The van der Waals surface area contributed by atoms with Crippen molar-refractivity contribution in [3.8, 4) is 0 Å². The Labute approximate surface area is 92.8 Å². The molecule has 3 aliphatic carbocycles. The molecule has 0 aromatic heterocycles. The first-order valence-corrected chi connectivity index (χ1v) is 6.49. The van der Waals surface area contributed by atoms with Gasteiger partial charge in [0.05, 0.1) is 0 Å². The maximum absolute atomic E-state index is 2.43. The van der Waals surface area contributed by atoms with Crippen LogP contribution in [0.15, 0.2) is 35.5 Å². The van der Waals surface area contributed by atoms with Crippen molar-refractivity contribution in [3.05, 3.63) is 35.5 Å². The van der Waals surface area contributed by atoms with Crippen LogP contribution in [0.5, 0.6) is 0 Å². The third-order valence-electron chi connectivity index (χ3n) is 4.24. The average Bonchev–Trinajstić information content (AvgIpc) is 2.52. The summed E-state index contributed by atoms with van der Waals surface area (Å²) in [5.41, 5.74) is 3.65. The summed E-state index contributed by atoms with van der Waals surface area (Å²) >= 11 is 0. The second-order valence-electron chi connectivity index (χ2n) is 5.27. The Balaban J connectivity index is 1.88. The molecule has 2 atom stereocenters. The second kappa shape index (κ2) is 4.00. The van der Waals surface area contributed by atoms with Crippen molar-refractivity contribution in [3.63, 3.8) is 0 Å². The van der Waals surface area contributed by atoms with Gasteiger partial charge in [-0.25, -0.2) is 0 Å². The number of allylic oxidation sites excluding steroid dienone is 6. The predicted octanol–water partition coefficient (Wildman–Crippen LogP) is 4.40. The molecule has 0 radical (unpaired) electrons. The van der Waals surface area contributed by atoms with Gasteiger partial charge in [-0.2, -0.15) is 0 Å². The van der Waals surface area contributed by atoms with Gasteiger partial charge in [0.2, 0.25) is 0 Å². The highest BCUT2D eigenvalue weighted by molar-refractivity contribution is 5.31. The molecule has 2 saturated carbocycles. The third-order valence-corrected chi connectivity index (χ3v) is 4.24. The largest absolute Gasteiger partial charge is 0.0811 e. The maximum Gasteiger partial charge on any atom is -0.00116 e. The topological polar surface area (TPSA) is 0 Å². The van der Waals surface area contributed by atoms with Crippen molar-refractivity contribution in [1.82, 2.24) is 0 Å². The van der Waals surface area contributed by atoms with Crippen LogP contribution in [0.3, 0.4) is 0 Å². The fraction of sp³-hybridized carbons (Fsp3) is 0.600. The Morgan fingerprint density at radius 3 is 2.60 bits per heavy atom. The standard InChI is InChI=1S/C15H20/c1-2-7-13(8-3-1)15-11-12-6-4-5-9-14(15)10-12/h4-6,9,12,14H,1-3,7-8,10-11H2. The van der Waals surface area contributed by atoms with Gasteiger partial charge in [0.15, 0.2) is 0 Å². The molecule has 2 unspecified atom stereocenters. The van der Waals surface area contributed by atoms with Gasteiger partial charge >= 0.3 is 0 Å². The number of rotatable bonds is 0. The van der Waals surface area contributed by atoms with E-state index >= 15 is 0 Å². The van der Waals surface area contributed by atoms with Crippen LogP contribution in [0.1, 0.15) is 44.9 Å². The molecule has 0 heteroatoms. The van der Waals surface area contributed by atoms with E-state index in [0.29, 0.717) is 0 Å². The number of hydrogen-bond acceptors (Lipinski definition) is 0. The Hall–Kier alpha value is -0.780. The van der Waals surface area contributed by atoms with Crippen LogP contribution >= 0.6 is 0 Å². The summed E-state index contributed by atoms with van der Waals surface area (Å²) in [7, 11) is 0. The van der Waals surface area contributed by atoms with Crippen LogP contribution in [0.4, 0.5) is 0 Å². The molecule has 2 bridgehead atoms. The van der Waals surface area contributed by atoms with Crippen molar-refractivity contribution in [2.45, 2.75) is 44.9 Å². The highest BCUT2D eigenvalue weighted by Gasteiger charge is 2.29. The zero-order chi connectivity index (χ0) is 10.1. The van der Waals surface area contributed by atoms with Crippen LogP contribution in [-0.2, 0) is 0 Å². The van der Waals surface area contributed by atoms with Crippen LogP contribution in [0.2, 0.25) is 0 Å². The molecular weight excluding hydrogens is 180 g/mol. The third kappa shape index (κ3) is 1.82. The van der Waals surface area contributed by atoms with Crippen LogP contribution in [0, 0.1) is 11.8 Å². The molecule has 0 saturated heterocycles. The fourth-order valence-corrected chi connectivity index (χ4v) is 3.45. The predicted molar refractivity (Wildman–Crippen MR) is 64.6 cm³/mol. The molecule has 15 heavy (non-hydrogen) atoms. The quantitative estimate of drug-likeness (QED) is 0.508. The minimum atomic E-state index is 0.790. The molecule has 2 fully saturated rings. The molecule has 0 aromatic carbocycles. The minimum Gasteiger partial charge on any atom is -0.0811 e. The van der Waals surface area contributed by atoms with Crippen LogP contribution in [-0.4, -0.2) is 0 Å². The van der Waals surface area contributed by atoms with E-state index in [4.69, 9.17) is 0 Å². The van der Waals surface area contributed by atoms with Crippen molar-refractivity contribution in [1.29, 1.82) is 0 Å². The monoisotopic (exact) mass is 200 g/mol. The Bertz CT molecular complexity index is 322. The van der Waals surface area contributed by atoms with E-state index in [-0.39, 0.29) is 0 Å². The highest BCUT2D eigenvalue weighted by atomic mass is 14.3. The molecule has 0 heterocycles. The first-order chi connectivity index (χ1) is 7.43. The molecule has 0 spiro atoms. The van der Waals surface area contributed by atoms with Crippen molar-refractivity contribution in [2.75, 3.05) is 0 Å². The van der Waals surface area contributed by atoms with E-state index in [9.17, 15) is 0 Å². The lowest BCUT2D eigenvalue weighted by Crippen LogP contribution is -2.02. The lowest BCUT2D eigenvalue weighted by molar-refractivity contribution is 0.585. The van der Waals surface area contributed by atoms with Crippen molar-refractivity contribution >= 4 is 0 Å². The molecule has 80 valence electrons. The summed E-state index contributed by atoms with van der Waals surface area (Å²) in [6, 6.07) is 0. The molecule has 0 aliphatic heterocycles. The molecule has 0 aromatic rings. The SMILES string of the molecule is C1=CC2CC(=C3CCCCC3)C(C=C1)C2. The lowest BCUT2D eigenvalue weighted by atomic mass is 9.87. The van der Waals surface area contributed by atoms with Gasteiger partial charge < -0.3 is 0 Å². The first kappa shape index (κ1) is 9.45. The molecular formula is C15H20. The van der Waals surface area contributed by atoms with E-state index in [1.54, 1.807) is 0 Å². The molecule has 3 rings (SSSR count). The van der Waals surface area contributed by atoms with Crippen molar-refractivity contribution in [2.24, 2.45) is 11.8 Å². The molecule has 0 nitrogen and oxygen atoms in total. The van der Waals surface area contributed by atoms with E-state index < -0.39 is 0 Å². The van der Waals surface area contributed by atoms with E-state index in [2.05, 4.69) is 24.3 Å².